The lowest BCUT2D eigenvalue weighted by molar-refractivity contribution is -0.312. The second-order valence-corrected chi connectivity index (χ2v) is 5.66. The third kappa shape index (κ3) is 3.26. The summed E-state index contributed by atoms with van der Waals surface area (Å²) in [5.41, 5.74) is 0.845. The lowest BCUT2D eigenvalue weighted by Crippen LogP contribution is -2.37. The van der Waals surface area contributed by atoms with Gasteiger partial charge in [-0.15, -0.1) is 0 Å². The van der Waals surface area contributed by atoms with E-state index in [1.54, 1.807) is 30.3 Å². The summed E-state index contributed by atoms with van der Waals surface area (Å²) in [6, 6.07) is 12.9. The Morgan fingerprint density at radius 3 is 2.54 bits per heavy atom. The number of carboxylic acid groups (broad SMARTS) is 1. The van der Waals surface area contributed by atoms with E-state index < -0.39 is 12.1 Å². The van der Waals surface area contributed by atoms with Crippen LogP contribution < -0.4 is 15.3 Å². The van der Waals surface area contributed by atoms with E-state index in [1.807, 2.05) is 0 Å². The van der Waals surface area contributed by atoms with Crippen LogP contribution in [0.25, 0.3) is 22.3 Å². The van der Waals surface area contributed by atoms with Crippen LogP contribution in [0.3, 0.4) is 0 Å². The van der Waals surface area contributed by atoms with Crippen LogP contribution in [-0.4, -0.2) is 12.1 Å². The van der Waals surface area contributed by atoms with Crippen LogP contribution in [-0.2, 0) is 4.79 Å². The van der Waals surface area contributed by atoms with Crippen LogP contribution in [0.4, 0.5) is 0 Å². The Labute approximate surface area is 142 Å². The van der Waals surface area contributed by atoms with Gasteiger partial charge in [0.2, 0.25) is 0 Å². The zero-order valence-corrected chi connectivity index (χ0v) is 13.4. The highest BCUT2D eigenvalue weighted by Gasteiger charge is 2.10. The number of carbonyl (C=O) groups excluding carboxylic acids is 1. The van der Waals surface area contributed by atoms with Crippen molar-refractivity contribution in [2.24, 2.45) is 0 Å². The summed E-state index contributed by atoms with van der Waals surface area (Å²) < 4.78 is 11.0. The molecule has 0 aliphatic rings. The molecule has 2 aromatic carbocycles. The Morgan fingerprint density at radius 1 is 1.17 bits per heavy atom. The molecule has 0 saturated heterocycles. The first kappa shape index (κ1) is 16.1. The highest BCUT2D eigenvalue weighted by Crippen LogP contribution is 2.26. The van der Waals surface area contributed by atoms with Gasteiger partial charge in [-0.2, -0.15) is 0 Å². The maximum absolute atomic E-state index is 12.3. The fourth-order valence-electron chi connectivity index (χ4n) is 2.22. The number of hydrogen-bond acceptors (Lipinski definition) is 5. The van der Waals surface area contributed by atoms with Crippen molar-refractivity contribution in [3.8, 4) is 17.1 Å². The molecule has 0 spiro atoms. The summed E-state index contributed by atoms with van der Waals surface area (Å²) in [6.45, 7) is 1.35. The summed E-state index contributed by atoms with van der Waals surface area (Å²) >= 11 is 5.85. The van der Waals surface area contributed by atoms with Crippen molar-refractivity contribution in [3.05, 3.63) is 63.8 Å². The monoisotopic (exact) mass is 343 g/mol. The second-order valence-electron chi connectivity index (χ2n) is 5.22. The highest BCUT2D eigenvalue weighted by atomic mass is 35.5. The van der Waals surface area contributed by atoms with E-state index in [2.05, 4.69) is 0 Å². The highest BCUT2D eigenvalue weighted by molar-refractivity contribution is 6.30. The first-order valence-electron chi connectivity index (χ1n) is 7.15. The van der Waals surface area contributed by atoms with Crippen LogP contribution in [0.15, 0.2) is 57.7 Å². The fourth-order valence-corrected chi connectivity index (χ4v) is 2.34. The average Bonchev–Trinajstić information content (AvgIpc) is 2.55. The molecule has 1 heterocycles. The molecule has 0 fully saturated rings. The molecule has 1 atom stereocenters. The van der Waals surface area contributed by atoms with Crippen molar-refractivity contribution in [2.45, 2.75) is 13.0 Å². The summed E-state index contributed by atoms with van der Waals surface area (Å²) in [4.78, 5) is 23.1. The molecule has 0 radical (unpaired) electrons. The van der Waals surface area contributed by atoms with E-state index in [-0.39, 0.29) is 11.2 Å². The molecule has 1 unspecified atom stereocenters. The van der Waals surface area contributed by atoms with Crippen molar-refractivity contribution in [1.29, 1.82) is 0 Å². The van der Waals surface area contributed by atoms with Gasteiger partial charge in [0.25, 0.3) is 0 Å². The molecule has 1 aromatic heterocycles. The molecule has 3 aromatic rings. The van der Waals surface area contributed by atoms with Gasteiger partial charge in [-0.1, -0.05) is 11.6 Å². The van der Waals surface area contributed by atoms with E-state index in [0.29, 0.717) is 21.8 Å². The quantitative estimate of drug-likeness (QED) is 0.727. The van der Waals surface area contributed by atoms with Gasteiger partial charge in [0, 0.05) is 16.7 Å². The largest absolute Gasteiger partial charge is 0.546 e. The third-order valence-electron chi connectivity index (χ3n) is 3.47. The predicted octanol–water partition coefficient (Wildman–Crippen LogP) is 2.63. The number of carboxylic acids is 1. The maximum atomic E-state index is 12.3. The Balaban J connectivity index is 2.02. The van der Waals surface area contributed by atoms with Crippen LogP contribution in [0, 0.1) is 0 Å². The van der Waals surface area contributed by atoms with Gasteiger partial charge in [-0.3, -0.25) is 4.79 Å². The predicted molar refractivity (Wildman–Crippen MR) is 88.0 cm³/mol. The van der Waals surface area contributed by atoms with E-state index in [4.69, 9.17) is 20.8 Å². The number of halogens is 1. The number of aliphatic carboxylic acids is 1. The molecule has 24 heavy (non-hydrogen) atoms. The van der Waals surface area contributed by atoms with E-state index in [9.17, 15) is 14.7 Å². The van der Waals surface area contributed by atoms with Gasteiger partial charge in [0.15, 0.2) is 5.43 Å². The van der Waals surface area contributed by atoms with Crippen LogP contribution in [0.1, 0.15) is 6.92 Å². The molecule has 0 amide bonds. The minimum absolute atomic E-state index is 0.255. The molecule has 5 nitrogen and oxygen atoms in total. The molecule has 0 aliphatic heterocycles. The van der Waals surface area contributed by atoms with Crippen LogP contribution >= 0.6 is 11.6 Å². The Morgan fingerprint density at radius 2 is 1.88 bits per heavy atom. The molecular formula is C18H12ClO5-. The van der Waals surface area contributed by atoms with E-state index in [1.165, 1.54) is 25.1 Å². The number of carbonyl (C=O) groups is 1. The van der Waals surface area contributed by atoms with Gasteiger partial charge < -0.3 is 19.1 Å². The summed E-state index contributed by atoms with van der Waals surface area (Å²) in [6.07, 6.45) is -1.12. The SMILES string of the molecule is CC(Oc1ccc2oc(-c3ccc(Cl)cc3)cc(=O)c2c1)C(=O)[O-]. The van der Waals surface area contributed by atoms with E-state index in [0.717, 1.165) is 5.56 Å². The summed E-state index contributed by atoms with van der Waals surface area (Å²) in [5.74, 6) is -0.660. The van der Waals surface area contributed by atoms with Crippen LogP contribution in [0.2, 0.25) is 5.02 Å². The minimum atomic E-state index is -1.33. The zero-order chi connectivity index (χ0) is 17.3. The van der Waals surface area contributed by atoms with Crippen molar-refractivity contribution >= 4 is 28.5 Å². The Bertz CT molecular complexity index is 959. The smallest absolute Gasteiger partial charge is 0.193 e. The van der Waals surface area contributed by atoms with Gasteiger partial charge in [-0.05, 0) is 49.4 Å². The molecule has 122 valence electrons. The van der Waals surface area contributed by atoms with Crippen LogP contribution in [0.5, 0.6) is 5.75 Å². The number of ether oxygens (including phenoxy) is 1. The van der Waals surface area contributed by atoms with Crippen molar-refractivity contribution in [1.82, 2.24) is 0 Å². The fraction of sp³-hybridized carbons (Fsp3) is 0.111. The van der Waals surface area contributed by atoms with Crippen molar-refractivity contribution < 1.29 is 19.1 Å². The molecular weight excluding hydrogens is 332 g/mol. The third-order valence-corrected chi connectivity index (χ3v) is 3.72. The number of rotatable bonds is 4. The lowest BCUT2D eigenvalue weighted by atomic mass is 10.1. The molecule has 0 N–H and O–H groups in total. The number of benzene rings is 2. The van der Waals surface area contributed by atoms with Gasteiger partial charge >= 0.3 is 0 Å². The Hall–Kier alpha value is -2.79. The normalized spacial score (nSPS) is 12.1. The molecule has 3 rings (SSSR count). The van der Waals surface area contributed by atoms with Crippen molar-refractivity contribution in [2.75, 3.05) is 0 Å². The molecule has 0 aliphatic carbocycles. The lowest BCUT2D eigenvalue weighted by Gasteiger charge is -2.15. The first-order valence-corrected chi connectivity index (χ1v) is 7.53. The minimum Gasteiger partial charge on any atom is -0.546 e. The van der Waals surface area contributed by atoms with Gasteiger partial charge in [0.1, 0.15) is 23.2 Å². The molecule has 0 bridgehead atoms. The first-order chi connectivity index (χ1) is 11.4. The summed E-state index contributed by atoms with van der Waals surface area (Å²) in [5, 5.41) is 11.6. The average molecular weight is 344 g/mol. The van der Waals surface area contributed by atoms with Gasteiger partial charge in [-0.25, -0.2) is 0 Å². The zero-order valence-electron chi connectivity index (χ0n) is 12.6. The molecule has 0 saturated carbocycles. The Kier molecular flexibility index (Phi) is 4.27. The topological polar surface area (TPSA) is 79.6 Å². The van der Waals surface area contributed by atoms with Crippen molar-refractivity contribution in [3.63, 3.8) is 0 Å². The van der Waals surface area contributed by atoms with Gasteiger partial charge in [0.05, 0.1) is 11.4 Å². The summed E-state index contributed by atoms with van der Waals surface area (Å²) in [7, 11) is 0. The standard InChI is InChI=1S/C18H13ClO5/c1-10(18(21)22)23-13-6-7-16-14(8-13)15(20)9-17(24-16)11-2-4-12(19)5-3-11/h2-10H,1H3,(H,21,22)/p-1. The van der Waals surface area contributed by atoms with E-state index >= 15 is 0 Å². The second kappa shape index (κ2) is 6.37. The number of fused-ring (bicyclic) bond motifs is 1. The molecule has 6 heteroatoms. The maximum Gasteiger partial charge on any atom is 0.193 e. The number of hydrogen-bond donors (Lipinski definition) is 0.